The highest BCUT2D eigenvalue weighted by Crippen LogP contribution is 2.32. The molecule has 0 saturated carbocycles. The van der Waals surface area contributed by atoms with Crippen LogP contribution in [0.3, 0.4) is 0 Å². The van der Waals surface area contributed by atoms with Gasteiger partial charge in [-0.1, -0.05) is 29.8 Å². The summed E-state index contributed by atoms with van der Waals surface area (Å²) in [6, 6.07) is 3.97. The van der Waals surface area contributed by atoms with Crippen LogP contribution in [0.4, 0.5) is 0 Å². The molecule has 0 spiro atoms. The van der Waals surface area contributed by atoms with E-state index in [4.69, 9.17) is 5.41 Å². The van der Waals surface area contributed by atoms with E-state index in [0.29, 0.717) is 6.42 Å². The van der Waals surface area contributed by atoms with E-state index >= 15 is 0 Å². The van der Waals surface area contributed by atoms with Crippen molar-refractivity contribution in [3.63, 3.8) is 0 Å². The predicted octanol–water partition coefficient (Wildman–Crippen LogP) is 4.57. The van der Waals surface area contributed by atoms with E-state index < -0.39 is 0 Å². The Morgan fingerprint density at radius 3 is 2.94 bits per heavy atom. The fraction of sp³-hybridized carbons (Fsp3) is 0.467. The van der Waals surface area contributed by atoms with Gasteiger partial charge in [0.15, 0.2) is 0 Å². The number of rotatable bonds is 3. The number of thioether (sulfide) groups is 1. The van der Waals surface area contributed by atoms with Gasteiger partial charge in [0.2, 0.25) is 0 Å². The Morgan fingerprint density at radius 1 is 1.33 bits per heavy atom. The summed E-state index contributed by atoms with van der Waals surface area (Å²) in [6.45, 7) is 2.23. The first-order valence-corrected chi connectivity index (χ1v) is 7.40. The minimum Gasteiger partial charge on any atom is -0.298 e. The van der Waals surface area contributed by atoms with Gasteiger partial charge in [-0.3, -0.25) is 10.4 Å². The van der Waals surface area contributed by atoms with Crippen LogP contribution >= 0.6 is 11.8 Å². The normalized spacial score (nSPS) is 16.5. The van der Waals surface area contributed by atoms with Gasteiger partial charge in [-0.2, -0.15) is 0 Å². The smallest absolute Gasteiger partial charge is 0.0730 e. The van der Waals surface area contributed by atoms with E-state index in [0.717, 1.165) is 17.0 Å². The van der Waals surface area contributed by atoms with Crippen molar-refractivity contribution in [1.29, 1.82) is 5.41 Å². The van der Waals surface area contributed by atoms with Gasteiger partial charge in [-0.25, -0.2) is 0 Å². The van der Waals surface area contributed by atoms with Crippen molar-refractivity contribution >= 4 is 16.8 Å². The van der Waals surface area contributed by atoms with Gasteiger partial charge >= 0.3 is 0 Å². The molecular weight excluding hydrogens is 240 g/mol. The summed E-state index contributed by atoms with van der Waals surface area (Å²) < 4.78 is 0. The fourth-order valence-electron chi connectivity index (χ4n) is 2.22. The standard InChI is InChI=1S/C15H20N2S/c1-12-6-3-2-4-8-14(12)18-15(16)10-13-7-5-9-17-11-13/h5,7,9,11,16H,2-4,6,8,10H2,1H3. The number of nitrogens with zero attached hydrogens (tertiary/aromatic N) is 1. The zero-order valence-corrected chi connectivity index (χ0v) is 11.7. The van der Waals surface area contributed by atoms with Gasteiger partial charge in [0, 0.05) is 18.8 Å². The lowest BCUT2D eigenvalue weighted by Crippen LogP contribution is -1.98. The Labute approximate surface area is 113 Å². The van der Waals surface area contributed by atoms with Gasteiger partial charge in [0.25, 0.3) is 0 Å². The van der Waals surface area contributed by atoms with Crippen molar-refractivity contribution in [2.75, 3.05) is 0 Å². The maximum Gasteiger partial charge on any atom is 0.0730 e. The number of hydrogen-bond acceptors (Lipinski definition) is 3. The molecule has 0 fully saturated rings. The zero-order valence-electron chi connectivity index (χ0n) is 10.9. The monoisotopic (exact) mass is 260 g/mol. The molecule has 96 valence electrons. The van der Waals surface area contributed by atoms with Crippen molar-refractivity contribution in [2.24, 2.45) is 0 Å². The second-order valence-corrected chi connectivity index (χ2v) is 6.02. The third-order valence-electron chi connectivity index (χ3n) is 3.27. The lowest BCUT2D eigenvalue weighted by molar-refractivity contribution is 0.710. The van der Waals surface area contributed by atoms with Crippen molar-refractivity contribution in [2.45, 2.75) is 45.4 Å². The lowest BCUT2D eigenvalue weighted by atomic mass is 10.2. The molecular formula is C15H20N2S. The molecule has 0 bridgehead atoms. The Morgan fingerprint density at radius 2 is 2.17 bits per heavy atom. The quantitative estimate of drug-likeness (QED) is 0.638. The first kappa shape index (κ1) is 13.3. The highest BCUT2D eigenvalue weighted by atomic mass is 32.2. The van der Waals surface area contributed by atoms with Crippen molar-refractivity contribution in [3.8, 4) is 0 Å². The molecule has 1 heterocycles. The van der Waals surface area contributed by atoms with E-state index in [1.165, 1.54) is 36.2 Å². The fourth-order valence-corrected chi connectivity index (χ4v) is 3.28. The van der Waals surface area contributed by atoms with Crippen molar-refractivity contribution in [1.82, 2.24) is 4.98 Å². The summed E-state index contributed by atoms with van der Waals surface area (Å²) in [4.78, 5) is 5.53. The lowest BCUT2D eigenvalue weighted by Gasteiger charge is -2.09. The molecule has 1 aromatic heterocycles. The Kier molecular flexibility index (Phi) is 5.00. The van der Waals surface area contributed by atoms with Gasteiger partial charge < -0.3 is 0 Å². The molecule has 0 atom stereocenters. The van der Waals surface area contributed by atoms with E-state index in [1.54, 1.807) is 18.0 Å². The van der Waals surface area contributed by atoms with Gasteiger partial charge in [0.1, 0.15) is 0 Å². The molecule has 0 unspecified atom stereocenters. The summed E-state index contributed by atoms with van der Waals surface area (Å²) in [7, 11) is 0. The number of aromatic nitrogens is 1. The van der Waals surface area contributed by atoms with Crippen LogP contribution in [0.1, 0.15) is 44.6 Å². The Bertz CT molecular complexity index is 437. The summed E-state index contributed by atoms with van der Waals surface area (Å²) >= 11 is 1.67. The summed E-state index contributed by atoms with van der Waals surface area (Å²) in [5.41, 5.74) is 2.62. The third kappa shape index (κ3) is 3.98. The Hall–Kier alpha value is -1.09. The van der Waals surface area contributed by atoms with Crippen LogP contribution in [0.15, 0.2) is 35.0 Å². The topological polar surface area (TPSA) is 36.7 Å². The molecule has 18 heavy (non-hydrogen) atoms. The number of nitrogens with one attached hydrogen (secondary N) is 1. The molecule has 0 saturated heterocycles. The van der Waals surface area contributed by atoms with E-state index in [9.17, 15) is 0 Å². The number of hydrogen-bond donors (Lipinski definition) is 1. The highest BCUT2D eigenvalue weighted by Gasteiger charge is 2.11. The number of allylic oxidation sites excluding steroid dienone is 2. The van der Waals surface area contributed by atoms with E-state index in [-0.39, 0.29) is 0 Å². The van der Waals surface area contributed by atoms with Crippen LogP contribution in [0.2, 0.25) is 0 Å². The molecule has 0 aliphatic heterocycles. The van der Waals surface area contributed by atoms with Crippen LogP contribution in [0.5, 0.6) is 0 Å². The predicted molar refractivity (Wildman–Crippen MR) is 79.0 cm³/mol. The van der Waals surface area contributed by atoms with Crippen LogP contribution in [-0.4, -0.2) is 10.0 Å². The molecule has 0 aromatic carbocycles. The zero-order chi connectivity index (χ0) is 12.8. The minimum atomic E-state index is 0.704. The average Bonchev–Trinajstić information content (AvgIpc) is 2.56. The van der Waals surface area contributed by atoms with Gasteiger partial charge in [0.05, 0.1) is 5.04 Å². The third-order valence-corrected chi connectivity index (χ3v) is 4.46. The van der Waals surface area contributed by atoms with Gasteiger partial charge in [-0.15, -0.1) is 0 Å². The summed E-state index contributed by atoms with van der Waals surface area (Å²) in [5, 5.41) is 8.86. The second-order valence-electron chi connectivity index (χ2n) is 4.83. The molecule has 1 aromatic rings. The minimum absolute atomic E-state index is 0.704. The van der Waals surface area contributed by atoms with Crippen LogP contribution < -0.4 is 0 Å². The molecule has 0 radical (unpaired) electrons. The molecule has 0 amide bonds. The van der Waals surface area contributed by atoms with Crippen molar-refractivity contribution < 1.29 is 0 Å². The average molecular weight is 260 g/mol. The molecule has 1 aliphatic rings. The first-order chi connectivity index (χ1) is 8.75. The maximum atomic E-state index is 8.12. The van der Waals surface area contributed by atoms with Gasteiger partial charge in [-0.05, 0) is 49.1 Å². The molecule has 1 N–H and O–H groups in total. The van der Waals surface area contributed by atoms with E-state index in [2.05, 4.69) is 11.9 Å². The number of pyridine rings is 1. The van der Waals surface area contributed by atoms with E-state index in [1.807, 2.05) is 18.3 Å². The molecule has 2 nitrogen and oxygen atoms in total. The highest BCUT2D eigenvalue weighted by molar-refractivity contribution is 8.17. The molecule has 1 aliphatic carbocycles. The summed E-state index contributed by atoms with van der Waals surface area (Å²) in [6.07, 6.45) is 10.6. The Balaban J connectivity index is 1.94. The largest absolute Gasteiger partial charge is 0.298 e. The molecule has 3 heteroatoms. The van der Waals surface area contributed by atoms with Crippen LogP contribution in [0.25, 0.3) is 0 Å². The summed E-state index contributed by atoms with van der Waals surface area (Å²) in [5.74, 6) is 0. The maximum absolute atomic E-state index is 8.12. The second kappa shape index (κ2) is 6.74. The first-order valence-electron chi connectivity index (χ1n) is 6.58. The van der Waals surface area contributed by atoms with Crippen LogP contribution in [-0.2, 0) is 6.42 Å². The SMILES string of the molecule is CC1=C(SC(=N)Cc2cccnc2)CCCCC1. The van der Waals surface area contributed by atoms with Crippen LogP contribution in [0, 0.1) is 5.41 Å². The molecule has 2 rings (SSSR count). The van der Waals surface area contributed by atoms with Crippen molar-refractivity contribution in [3.05, 3.63) is 40.6 Å².